The highest BCUT2D eigenvalue weighted by Gasteiger charge is 2.17. The molecule has 1 aliphatic heterocycles. The average Bonchev–Trinajstić information content (AvgIpc) is 2.99. The Morgan fingerprint density at radius 1 is 1.00 bits per heavy atom. The minimum absolute atomic E-state index is 0.266. The standard InChI is InChI=1S/C29H28BrCl2N7O3/c1-18-3-7-24(22(30)13-18)34-27-35-28(37-29(36-27)39-9-11-41-12-10-39)38-33-16-19-4-8-25(26(14-19)40-2)42-17-20-5-6-21(31)15-23(20)32/h3-8,13-16H,9-12,17H2,1-2H3,(H2,34,35,36,37,38)/b33-16+. The summed E-state index contributed by atoms with van der Waals surface area (Å²) in [6, 6.07) is 16.8. The van der Waals surface area contributed by atoms with Gasteiger partial charge in [0.1, 0.15) is 6.61 Å². The number of aryl methyl sites for hydroxylation is 1. The molecule has 0 aliphatic carbocycles. The third kappa shape index (κ3) is 7.80. The summed E-state index contributed by atoms with van der Waals surface area (Å²) >= 11 is 15.9. The maximum Gasteiger partial charge on any atom is 0.250 e. The number of methoxy groups -OCH3 is 1. The molecule has 1 fully saturated rings. The van der Waals surface area contributed by atoms with Crippen LogP contribution >= 0.6 is 39.1 Å². The largest absolute Gasteiger partial charge is 0.493 e. The van der Waals surface area contributed by atoms with Gasteiger partial charge in [-0.25, -0.2) is 5.43 Å². The first-order valence-corrected chi connectivity index (χ1v) is 14.6. The van der Waals surface area contributed by atoms with Crippen LogP contribution in [0.3, 0.4) is 0 Å². The van der Waals surface area contributed by atoms with E-state index in [0.717, 1.165) is 26.9 Å². The molecule has 2 N–H and O–H groups in total. The zero-order valence-electron chi connectivity index (χ0n) is 22.9. The molecule has 4 aromatic rings. The van der Waals surface area contributed by atoms with Crippen LogP contribution in [0.15, 0.2) is 64.2 Å². The number of hydrogen-bond acceptors (Lipinski definition) is 10. The molecule has 218 valence electrons. The predicted octanol–water partition coefficient (Wildman–Crippen LogP) is 6.86. The third-order valence-electron chi connectivity index (χ3n) is 6.25. The number of rotatable bonds is 10. The molecule has 0 radical (unpaired) electrons. The Labute approximate surface area is 262 Å². The molecule has 2 heterocycles. The van der Waals surface area contributed by atoms with E-state index in [4.69, 9.17) is 37.4 Å². The predicted molar refractivity (Wildman–Crippen MR) is 170 cm³/mol. The maximum atomic E-state index is 6.27. The van der Waals surface area contributed by atoms with Crippen LogP contribution < -0.4 is 25.1 Å². The second kappa shape index (κ2) is 14.0. The second-order valence-corrected chi connectivity index (χ2v) is 11.0. The molecule has 10 nitrogen and oxygen atoms in total. The molecule has 1 aliphatic rings. The first kappa shape index (κ1) is 29.8. The van der Waals surface area contributed by atoms with Crippen molar-refractivity contribution in [2.24, 2.45) is 5.10 Å². The van der Waals surface area contributed by atoms with Crippen molar-refractivity contribution in [3.63, 3.8) is 0 Å². The lowest BCUT2D eigenvalue weighted by Crippen LogP contribution is -2.37. The van der Waals surface area contributed by atoms with E-state index in [1.54, 1.807) is 25.5 Å². The fourth-order valence-electron chi connectivity index (χ4n) is 4.06. The number of hydrazone groups is 1. The molecular formula is C29H28BrCl2N7O3. The molecule has 13 heteroatoms. The number of benzene rings is 3. The summed E-state index contributed by atoms with van der Waals surface area (Å²) in [6.07, 6.45) is 1.64. The molecule has 0 bridgehead atoms. The minimum atomic E-state index is 0.266. The van der Waals surface area contributed by atoms with Crippen LogP contribution in [-0.2, 0) is 11.3 Å². The van der Waals surface area contributed by atoms with Crippen molar-refractivity contribution in [3.05, 3.63) is 85.8 Å². The van der Waals surface area contributed by atoms with Crippen LogP contribution in [0.4, 0.5) is 23.5 Å². The fourth-order valence-corrected chi connectivity index (χ4v) is 5.12. The number of nitrogens with zero attached hydrogens (tertiary/aromatic N) is 5. The molecule has 0 spiro atoms. The van der Waals surface area contributed by atoms with Crippen molar-refractivity contribution in [2.45, 2.75) is 13.5 Å². The summed E-state index contributed by atoms with van der Waals surface area (Å²) in [5.74, 6) is 2.33. The number of aromatic nitrogens is 3. The molecule has 0 atom stereocenters. The first-order chi connectivity index (χ1) is 20.4. The van der Waals surface area contributed by atoms with Crippen molar-refractivity contribution in [3.8, 4) is 11.5 Å². The van der Waals surface area contributed by atoms with Crippen molar-refractivity contribution in [1.82, 2.24) is 15.0 Å². The molecule has 5 rings (SSSR count). The smallest absolute Gasteiger partial charge is 0.250 e. The lowest BCUT2D eigenvalue weighted by Gasteiger charge is -2.27. The van der Waals surface area contributed by atoms with E-state index < -0.39 is 0 Å². The Morgan fingerprint density at radius 3 is 2.57 bits per heavy atom. The molecule has 0 amide bonds. The lowest BCUT2D eigenvalue weighted by atomic mass is 10.2. The molecular weight excluding hydrogens is 645 g/mol. The molecule has 1 saturated heterocycles. The highest BCUT2D eigenvalue weighted by Crippen LogP contribution is 2.30. The summed E-state index contributed by atoms with van der Waals surface area (Å²) in [6.45, 7) is 4.86. The highest BCUT2D eigenvalue weighted by atomic mass is 79.9. The SMILES string of the molecule is COc1cc(/C=N/Nc2nc(Nc3ccc(C)cc3Br)nc(N3CCOCC3)n2)ccc1OCc1ccc(Cl)cc1Cl. The van der Waals surface area contributed by atoms with Crippen LogP contribution in [0, 0.1) is 6.92 Å². The first-order valence-electron chi connectivity index (χ1n) is 13.0. The van der Waals surface area contributed by atoms with Crippen molar-refractivity contribution >= 4 is 68.9 Å². The molecule has 0 saturated carbocycles. The number of hydrogen-bond donors (Lipinski definition) is 2. The van der Waals surface area contributed by atoms with Gasteiger partial charge in [-0.2, -0.15) is 20.1 Å². The van der Waals surface area contributed by atoms with Gasteiger partial charge >= 0.3 is 0 Å². The number of ether oxygens (including phenoxy) is 3. The van der Waals surface area contributed by atoms with Crippen LogP contribution in [-0.4, -0.2) is 54.6 Å². The van der Waals surface area contributed by atoms with Gasteiger partial charge in [0, 0.05) is 33.2 Å². The van der Waals surface area contributed by atoms with Gasteiger partial charge in [0.25, 0.3) is 0 Å². The summed E-state index contributed by atoms with van der Waals surface area (Å²) in [5, 5.41) is 8.74. The summed E-state index contributed by atoms with van der Waals surface area (Å²) in [5.41, 5.74) is 6.50. The van der Waals surface area contributed by atoms with Crippen molar-refractivity contribution in [1.29, 1.82) is 0 Å². The monoisotopic (exact) mass is 671 g/mol. The lowest BCUT2D eigenvalue weighted by molar-refractivity contribution is 0.122. The van der Waals surface area contributed by atoms with Gasteiger partial charge in [-0.1, -0.05) is 35.3 Å². The Bertz CT molecular complexity index is 1590. The maximum absolute atomic E-state index is 6.27. The van der Waals surface area contributed by atoms with E-state index in [9.17, 15) is 0 Å². The van der Waals surface area contributed by atoms with E-state index in [1.807, 2.05) is 49.4 Å². The Kier molecular flexibility index (Phi) is 9.96. The quantitative estimate of drug-likeness (QED) is 0.138. The summed E-state index contributed by atoms with van der Waals surface area (Å²) < 4.78 is 17.9. The molecule has 42 heavy (non-hydrogen) atoms. The van der Waals surface area contributed by atoms with E-state index in [2.05, 4.69) is 51.6 Å². The summed E-state index contributed by atoms with van der Waals surface area (Å²) in [4.78, 5) is 15.8. The van der Waals surface area contributed by atoms with Gasteiger partial charge < -0.3 is 24.4 Å². The zero-order chi connectivity index (χ0) is 29.5. The van der Waals surface area contributed by atoms with Gasteiger partial charge in [-0.05, 0) is 76.4 Å². The van der Waals surface area contributed by atoms with E-state index >= 15 is 0 Å². The Hall–Kier alpha value is -3.64. The van der Waals surface area contributed by atoms with E-state index in [1.165, 1.54) is 0 Å². The Morgan fingerprint density at radius 2 is 1.81 bits per heavy atom. The van der Waals surface area contributed by atoms with Crippen LogP contribution in [0.5, 0.6) is 11.5 Å². The van der Waals surface area contributed by atoms with Gasteiger partial charge in [-0.3, -0.25) is 0 Å². The van der Waals surface area contributed by atoms with Crippen LogP contribution in [0.25, 0.3) is 0 Å². The number of anilines is 4. The van der Waals surface area contributed by atoms with E-state index in [0.29, 0.717) is 65.7 Å². The molecule has 1 aromatic heterocycles. The van der Waals surface area contributed by atoms with Gasteiger partial charge in [0.05, 0.1) is 32.2 Å². The third-order valence-corrected chi connectivity index (χ3v) is 7.50. The Balaban J connectivity index is 1.31. The number of morpholine rings is 1. The van der Waals surface area contributed by atoms with Crippen LogP contribution in [0.2, 0.25) is 10.0 Å². The average molecular weight is 673 g/mol. The van der Waals surface area contributed by atoms with Crippen molar-refractivity contribution in [2.75, 3.05) is 49.1 Å². The molecule has 0 unspecified atom stereocenters. The zero-order valence-corrected chi connectivity index (χ0v) is 26.0. The van der Waals surface area contributed by atoms with Crippen LogP contribution in [0.1, 0.15) is 16.7 Å². The van der Waals surface area contributed by atoms with E-state index in [-0.39, 0.29) is 6.61 Å². The van der Waals surface area contributed by atoms with Gasteiger partial charge in [0.2, 0.25) is 17.8 Å². The number of nitrogens with one attached hydrogen (secondary N) is 2. The molecule has 3 aromatic carbocycles. The highest BCUT2D eigenvalue weighted by molar-refractivity contribution is 9.10. The fraction of sp³-hybridized carbons (Fsp3) is 0.241. The second-order valence-electron chi connectivity index (χ2n) is 9.30. The van der Waals surface area contributed by atoms with Crippen molar-refractivity contribution < 1.29 is 14.2 Å². The minimum Gasteiger partial charge on any atom is -0.493 e. The van der Waals surface area contributed by atoms with Gasteiger partial charge in [0.15, 0.2) is 11.5 Å². The normalized spacial score (nSPS) is 13.3. The summed E-state index contributed by atoms with van der Waals surface area (Å²) in [7, 11) is 1.58. The van der Waals surface area contributed by atoms with Gasteiger partial charge in [-0.15, -0.1) is 0 Å². The topological polar surface area (TPSA) is 106 Å². The number of halogens is 3.